The zero-order valence-electron chi connectivity index (χ0n) is 14.7. The van der Waals surface area contributed by atoms with Crippen LogP contribution in [0.3, 0.4) is 0 Å². The molecule has 26 heavy (non-hydrogen) atoms. The van der Waals surface area contributed by atoms with Gasteiger partial charge in [-0.3, -0.25) is 5.43 Å². The van der Waals surface area contributed by atoms with Crippen molar-refractivity contribution < 1.29 is 5.11 Å². The predicted molar refractivity (Wildman–Crippen MR) is 105 cm³/mol. The third-order valence-electron chi connectivity index (χ3n) is 3.96. The molecule has 130 valence electrons. The number of amidine groups is 1. The molecule has 3 aromatic rings. The Bertz CT molecular complexity index is 949. The van der Waals surface area contributed by atoms with Gasteiger partial charge in [-0.1, -0.05) is 48.5 Å². The van der Waals surface area contributed by atoms with E-state index in [1.165, 1.54) is 11.1 Å². The number of anilines is 1. The number of para-hydroxylation sites is 1. The van der Waals surface area contributed by atoms with Crippen LogP contribution < -0.4 is 5.43 Å². The van der Waals surface area contributed by atoms with E-state index in [9.17, 15) is 5.11 Å². The van der Waals surface area contributed by atoms with E-state index in [0.29, 0.717) is 11.5 Å². The van der Waals surface area contributed by atoms with Crippen LogP contribution in [0.15, 0.2) is 88.1 Å². The molecule has 0 aromatic heterocycles. The molecule has 5 nitrogen and oxygen atoms in total. The average Bonchev–Trinajstić information content (AvgIpc) is 2.66. The van der Waals surface area contributed by atoms with Gasteiger partial charge in [-0.05, 0) is 49.2 Å². The van der Waals surface area contributed by atoms with Gasteiger partial charge in [0.15, 0.2) is 0 Å². The van der Waals surface area contributed by atoms with E-state index in [4.69, 9.17) is 0 Å². The Balaban J connectivity index is 1.90. The van der Waals surface area contributed by atoms with Crippen molar-refractivity contribution in [2.75, 3.05) is 5.43 Å². The molecular formula is C21H20N4O. The third-order valence-corrected chi connectivity index (χ3v) is 3.96. The molecule has 2 N–H and O–H groups in total. The van der Waals surface area contributed by atoms with Gasteiger partial charge in [0.25, 0.3) is 0 Å². The molecule has 0 heterocycles. The van der Waals surface area contributed by atoms with Crippen molar-refractivity contribution in [3.63, 3.8) is 0 Å². The lowest BCUT2D eigenvalue weighted by molar-refractivity contribution is 0.476. The lowest BCUT2D eigenvalue weighted by Gasteiger charge is -2.06. The number of hydrogen-bond acceptors (Lipinski definition) is 4. The fraction of sp³-hybridized carbons (Fsp3) is 0.0952. The summed E-state index contributed by atoms with van der Waals surface area (Å²) in [5.74, 6) is 0.498. The third kappa shape index (κ3) is 4.33. The zero-order chi connectivity index (χ0) is 18.4. The first-order valence-corrected chi connectivity index (χ1v) is 8.29. The van der Waals surface area contributed by atoms with Gasteiger partial charge in [0.2, 0.25) is 5.84 Å². The molecule has 0 spiro atoms. The van der Waals surface area contributed by atoms with Crippen LogP contribution in [-0.4, -0.2) is 10.9 Å². The summed E-state index contributed by atoms with van der Waals surface area (Å²) in [5, 5.41) is 22.6. The molecule has 3 rings (SSSR count). The first kappa shape index (κ1) is 17.4. The van der Waals surface area contributed by atoms with Gasteiger partial charge in [0, 0.05) is 5.56 Å². The standard InChI is InChI=1S/C21H20N4O/c1-15-12-13-18(14-16(15)2)22-24-21(17-8-4-3-5-9-17)25-23-19-10-6-7-11-20(19)26/h3-14,22,26H,1-2H3/b24-21-,25-23?. The minimum atomic E-state index is 0.0748. The van der Waals surface area contributed by atoms with Crippen molar-refractivity contribution in [1.29, 1.82) is 0 Å². The van der Waals surface area contributed by atoms with Crippen LogP contribution in [0, 0.1) is 13.8 Å². The monoisotopic (exact) mass is 344 g/mol. The average molecular weight is 344 g/mol. The molecule has 0 amide bonds. The van der Waals surface area contributed by atoms with Crippen molar-refractivity contribution in [3.8, 4) is 5.75 Å². The minimum Gasteiger partial charge on any atom is -0.506 e. The fourth-order valence-corrected chi connectivity index (χ4v) is 2.31. The number of aromatic hydroxyl groups is 1. The Kier molecular flexibility index (Phi) is 5.39. The van der Waals surface area contributed by atoms with Crippen molar-refractivity contribution in [2.45, 2.75) is 13.8 Å². The van der Waals surface area contributed by atoms with Crippen LogP contribution in [0.4, 0.5) is 11.4 Å². The van der Waals surface area contributed by atoms with E-state index in [2.05, 4.69) is 34.6 Å². The lowest BCUT2D eigenvalue weighted by Crippen LogP contribution is -2.01. The summed E-state index contributed by atoms with van der Waals surface area (Å²) >= 11 is 0. The Hall–Kier alpha value is -3.47. The number of nitrogens with one attached hydrogen (secondary N) is 1. The summed E-state index contributed by atoms with van der Waals surface area (Å²) in [4.78, 5) is 0. The molecule has 0 aliphatic carbocycles. The Labute approximate surface area is 152 Å². The second-order valence-electron chi connectivity index (χ2n) is 5.90. The molecule has 0 saturated heterocycles. The van der Waals surface area contributed by atoms with Crippen LogP contribution in [0.1, 0.15) is 16.7 Å². The SMILES string of the molecule is Cc1ccc(N/N=C(\N=Nc2ccccc2O)c2ccccc2)cc1C. The first-order valence-electron chi connectivity index (χ1n) is 8.29. The van der Waals surface area contributed by atoms with Gasteiger partial charge in [-0.15, -0.1) is 10.2 Å². The number of hydrazone groups is 1. The Morgan fingerprint density at radius 2 is 1.58 bits per heavy atom. The van der Waals surface area contributed by atoms with E-state index >= 15 is 0 Å². The topological polar surface area (TPSA) is 69.3 Å². The van der Waals surface area contributed by atoms with Crippen molar-refractivity contribution >= 4 is 17.2 Å². The van der Waals surface area contributed by atoms with E-state index in [0.717, 1.165) is 11.3 Å². The Morgan fingerprint density at radius 3 is 2.31 bits per heavy atom. The molecule has 0 unspecified atom stereocenters. The highest BCUT2D eigenvalue weighted by molar-refractivity contribution is 5.99. The maximum atomic E-state index is 9.85. The van der Waals surface area contributed by atoms with Gasteiger partial charge in [-0.2, -0.15) is 5.10 Å². The highest BCUT2D eigenvalue weighted by atomic mass is 16.3. The summed E-state index contributed by atoms with van der Waals surface area (Å²) in [6.07, 6.45) is 0. The first-order chi connectivity index (χ1) is 12.6. The summed E-state index contributed by atoms with van der Waals surface area (Å²) < 4.78 is 0. The van der Waals surface area contributed by atoms with E-state index in [1.807, 2.05) is 48.5 Å². The van der Waals surface area contributed by atoms with Crippen molar-refractivity contribution in [3.05, 3.63) is 89.5 Å². The fourth-order valence-electron chi connectivity index (χ4n) is 2.31. The number of rotatable bonds is 4. The molecule has 5 heteroatoms. The molecule has 0 atom stereocenters. The van der Waals surface area contributed by atoms with E-state index < -0.39 is 0 Å². The molecule has 0 radical (unpaired) electrons. The number of azo groups is 1. The smallest absolute Gasteiger partial charge is 0.201 e. The number of nitrogens with zero attached hydrogens (tertiary/aromatic N) is 3. The van der Waals surface area contributed by atoms with Gasteiger partial charge in [0.05, 0.1) is 5.69 Å². The van der Waals surface area contributed by atoms with Gasteiger partial charge in [-0.25, -0.2) is 0 Å². The van der Waals surface area contributed by atoms with Crippen LogP contribution in [0.5, 0.6) is 5.75 Å². The maximum absolute atomic E-state index is 9.85. The van der Waals surface area contributed by atoms with Gasteiger partial charge >= 0.3 is 0 Å². The number of hydrogen-bond donors (Lipinski definition) is 2. The number of phenols is 1. The van der Waals surface area contributed by atoms with Crippen LogP contribution >= 0.6 is 0 Å². The molecule has 0 aliphatic rings. The van der Waals surface area contributed by atoms with Gasteiger partial charge in [0.1, 0.15) is 11.4 Å². The molecule has 0 saturated carbocycles. The maximum Gasteiger partial charge on any atom is 0.201 e. The van der Waals surface area contributed by atoms with Crippen LogP contribution in [0.2, 0.25) is 0 Å². The highest BCUT2D eigenvalue weighted by Crippen LogP contribution is 2.25. The summed E-state index contributed by atoms with van der Waals surface area (Å²) in [6, 6.07) is 22.4. The highest BCUT2D eigenvalue weighted by Gasteiger charge is 2.04. The molecule has 0 aliphatic heterocycles. The number of phenolic OH excluding ortho intramolecular Hbond substituents is 1. The second-order valence-corrected chi connectivity index (χ2v) is 5.90. The van der Waals surface area contributed by atoms with Crippen LogP contribution in [-0.2, 0) is 0 Å². The van der Waals surface area contributed by atoms with Crippen molar-refractivity contribution in [1.82, 2.24) is 0 Å². The molecule has 0 fully saturated rings. The van der Waals surface area contributed by atoms with Crippen molar-refractivity contribution in [2.24, 2.45) is 15.3 Å². The molecule has 3 aromatic carbocycles. The predicted octanol–water partition coefficient (Wildman–Crippen LogP) is 5.57. The van der Waals surface area contributed by atoms with E-state index in [1.54, 1.807) is 24.3 Å². The lowest BCUT2D eigenvalue weighted by atomic mass is 10.1. The van der Waals surface area contributed by atoms with Gasteiger partial charge < -0.3 is 5.11 Å². The summed E-state index contributed by atoms with van der Waals surface area (Å²) in [5.41, 5.74) is 7.53. The summed E-state index contributed by atoms with van der Waals surface area (Å²) in [6.45, 7) is 4.12. The number of benzene rings is 3. The quantitative estimate of drug-likeness (QED) is 0.281. The van der Waals surface area contributed by atoms with E-state index in [-0.39, 0.29) is 5.75 Å². The van der Waals surface area contributed by atoms with Crippen LogP contribution in [0.25, 0.3) is 0 Å². The molecule has 0 bridgehead atoms. The summed E-state index contributed by atoms with van der Waals surface area (Å²) in [7, 11) is 0. The number of aryl methyl sites for hydroxylation is 2. The zero-order valence-corrected chi connectivity index (χ0v) is 14.7. The molecular weight excluding hydrogens is 324 g/mol. The Morgan fingerprint density at radius 1 is 0.846 bits per heavy atom. The minimum absolute atomic E-state index is 0.0748. The largest absolute Gasteiger partial charge is 0.506 e. The normalized spacial score (nSPS) is 11.7. The second kappa shape index (κ2) is 8.07.